The van der Waals surface area contributed by atoms with Gasteiger partial charge in [0, 0.05) is 5.69 Å². The highest BCUT2D eigenvalue weighted by atomic mass is 32.2. The molecule has 0 radical (unpaired) electrons. The molecule has 26 heavy (non-hydrogen) atoms. The smallest absolute Gasteiger partial charge is 0.227 e. The van der Waals surface area contributed by atoms with Crippen molar-refractivity contribution in [2.75, 3.05) is 5.75 Å². The number of carbonyl (C=O) groups is 1. The summed E-state index contributed by atoms with van der Waals surface area (Å²) in [6.07, 6.45) is 0. The minimum atomic E-state index is -3.59. The van der Waals surface area contributed by atoms with E-state index in [2.05, 4.69) is 10.2 Å². The highest BCUT2D eigenvalue weighted by Gasteiger charge is 2.22. The molecule has 0 fully saturated rings. The molecule has 0 saturated carbocycles. The van der Waals surface area contributed by atoms with E-state index in [1.54, 1.807) is 34.9 Å². The highest BCUT2D eigenvalue weighted by molar-refractivity contribution is 7.99. The second kappa shape index (κ2) is 7.71. The van der Waals surface area contributed by atoms with Gasteiger partial charge in [-0.2, -0.15) is 0 Å². The lowest BCUT2D eigenvalue weighted by atomic mass is 10.3. The number of carbonyl (C=O) groups excluding carboxylic acids is 1. The molecule has 3 aromatic rings. The number of rotatable bonds is 7. The van der Waals surface area contributed by atoms with Crippen LogP contribution in [0.25, 0.3) is 5.69 Å². The Morgan fingerprint density at radius 3 is 2.23 bits per heavy atom. The Morgan fingerprint density at radius 2 is 1.62 bits per heavy atom. The second-order valence-corrected chi connectivity index (χ2v) is 8.33. The summed E-state index contributed by atoms with van der Waals surface area (Å²) in [4.78, 5) is 11.3. The van der Waals surface area contributed by atoms with Crippen LogP contribution in [0.5, 0.6) is 0 Å². The summed E-state index contributed by atoms with van der Waals surface area (Å²) in [6, 6.07) is 17.3. The number of hydrogen-bond donors (Lipinski definition) is 1. The fourth-order valence-corrected chi connectivity index (χ4v) is 4.32. The number of nitrogens with two attached hydrogens (primary N) is 1. The van der Waals surface area contributed by atoms with Gasteiger partial charge in [-0.1, -0.05) is 48.2 Å². The highest BCUT2D eigenvalue weighted by Crippen LogP contribution is 2.24. The molecule has 1 amide bonds. The summed E-state index contributed by atoms with van der Waals surface area (Å²) in [5.74, 6) is -0.505. The molecule has 0 aliphatic rings. The molecule has 2 N–H and O–H groups in total. The first-order valence-electron chi connectivity index (χ1n) is 7.66. The third-order valence-corrected chi connectivity index (χ3v) is 6.06. The number of thioether (sulfide) groups is 1. The summed E-state index contributed by atoms with van der Waals surface area (Å²) in [5.41, 5.74) is 5.91. The molecule has 9 heteroatoms. The lowest BCUT2D eigenvalue weighted by molar-refractivity contribution is -0.115. The molecule has 0 spiro atoms. The predicted octanol–water partition coefficient (Wildman–Crippen LogP) is 1.82. The van der Waals surface area contributed by atoms with Crippen LogP contribution in [0.4, 0.5) is 0 Å². The Bertz CT molecular complexity index is 1000. The molecule has 134 valence electrons. The van der Waals surface area contributed by atoms with Gasteiger partial charge in [-0.25, -0.2) is 8.42 Å². The minimum absolute atomic E-state index is 0.0242. The van der Waals surface area contributed by atoms with Crippen molar-refractivity contribution in [1.82, 2.24) is 14.8 Å². The zero-order valence-electron chi connectivity index (χ0n) is 13.6. The first-order valence-corrected chi connectivity index (χ1v) is 10.3. The number of amides is 1. The molecular formula is C17H16N4O3S2. The van der Waals surface area contributed by atoms with Crippen molar-refractivity contribution >= 4 is 27.5 Å². The van der Waals surface area contributed by atoms with Crippen molar-refractivity contribution in [1.29, 1.82) is 0 Å². The van der Waals surface area contributed by atoms with Crippen LogP contribution in [-0.4, -0.2) is 34.8 Å². The number of hydrogen-bond acceptors (Lipinski definition) is 6. The number of benzene rings is 2. The van der Waals surface area contributed by atoms with Crippen molar-refractivity contribution in [3.63, 3.8) is 0 Å². The number of primary amides is 1. The van der Waals surface area contributed by atoms with Crippen molar-refractivity contribution in [2.24, 2.45) is 5.73 Å². The van der Waals surface area contributed by atoms with E-state index in [0.717, 1.165) is 11.8 Å². The fraction of sp³-hybridized carbons (Fsp3) is 0.118. The molecule has 0 bridgehead atoms. The molecule has 0 atom stereocenters. The maximum absolute atomic E-state index is 12.7. The van der Waals surface area contributed by atoms with Crippen LogP contribution in [0.1, 0.15) is 5.82 Å². The molecular weight excluding hydrogens is 372 g/mol. The zero-order chi connectivity index (χ0) is 18.6. The van der Waals surface area contributed by atoms with E-state index in [-0.39, 0.29) is 22.2 Å². The van der Waals surface area contributed by atoms with Gasteiger partial charge in [-0.05, 0) is 24.3 Å². The Balaban J connectivity index is 2.01. The van der Waals surface area contributed by atoms with Crippen LogP contribution in [0.3, 0.4) is 0 Å². The van der Waals surface area contributed by atoms with Crippen molar-refractivity contribution in [3.05, 3.63) is 66.5 Å². The summed E-state index contributed by atoms with van der Waals surface area (Å²) in [5, 5.41) is 8.50. The lowest BCUT2D eigenvalue weighted by Crippen LogP contribution is -2.14. The number of aromatic nitrogens is 3. The van der Waals surface area contributed by atoms with Gasteiger partial charge in [0.25, 0.3) is 0 Å². The van der Waals surface area contributed by atoms with E-state index in [0.29, 0.717) is 10.8 Å². The Hall–Kier alpha value is -2.65. The molecule has 0 aliphatic carbocycles. The molecule has 7 nitrogen and oxygen atoms in total. The van der Waals surface area contributed by atoms with Gasteiger partial charge in [0.2, 0.25) is 5.91 Å². The fourth-order valence-electron chi connectivity index (χ4n) is 2.34. The minimum Gasteiger partial charge on any atom is -0.369 e. The third kappa shape index (κ3) is 4.12. The van der Waals surface area contributed by atoms with Crippen molar-refractivity contribution < 1.29 is 13.2 Å². The SMILES string of the molecule is NC(=O)CSc1nnc(CS(=O)(=O)c2ccccc2)n1-c1ccccc1. The average Bonchev–Trinajstić information content (AvgIpc) is 3.03. The Kier molecular flexibility index (Phi) is 5.38. The van der Waals surface area contributed by atoms with Gasteiger partial charge in [-0.3, -0.25) is 9.36 Å². The monoisotopic (exact) mass is 388 g/mol. The van der Waals surface area contributed by atoms with Gasteiger partial charge in [-0.15, -0.1) is 10.2 Å². The van der Waals surface area contributed by atoms with Gasteiger partial charge in [0.15, 0.2) is 20.8 Å². The van der Waals surface area contributed by atoms with Crippen molar-refractivity contribution in [2.45, 2.75) is 15.8 Å². The largest absolute Gasteiger partial charge is 0.369 e. The first-order chi connectivity index (χ1) is 12.5. The van der Waals surface area contributed by atoms with Crippen LogP contribution in [0.2, 0.25) is 0 Å². The Morgan fingerprint density at radius 1 is 1.00 bits per heavy atom. The normalized spacial score (nSPS) is 11.4. The van der Waals surface area contributed by atoms with E-state index in [1.807, 2.05) is 30.3 Å². The number of nitrogens with zero attached hydrogens (tertiary/aromatic N) is 3. The molecule has 1 heterocycles. The van der Waals surface area contributed by atoms with E-state index in [4.69, 9.17) is 5.73 Å². The van der Waals surface area contributed by atoms with Gasteiger partial charge < -0.3 is 5.73 Å². The van der Waals surface area contributed by atoms with Gasteiger partial charge in [0.1, 0.15) is 5.75 Å². The topological polar surface area (TPSA) is 108 Å². The van der Waals surface area contributed by atoms with Crippen molar-refractivity contribution in [3.8, 4) is 5.69 Å². The summed E-state index contributed by atoms with van der Waals surface area (Å²) in [7, 11) is -3.59. The summed E-state index contributed by atoms with van der Waals surface area (Å²) in [6.45, 7) is 0. The Labute approximate surface area is 155 Å². The first kappa shape index (κ1) is 18.2. The average molecular weight is 388 g/mol. The van der Waals surface area contributed by atoms with Crippen LogP contribution in [0, 0.1) is 0 Å². The standard InChI is InChI=1S/C17H16N4O3S2/c18-15(22)11-25-17-20-19-16(21(17)13-7-3-1-4-8-13)12-26(23,24)14-9-5-2-6-10-14/h1-10H,11-12H2,(H2,18,22). The van der Waals surface area contributed by atoms with Crippen LogP contribution in [-0.2, 0) is 20.4 Å². The van der Waals surface area contributed by atoms with Gasteiger partial charge >= 0.3 is 0 Å². The molecule has 2 aromatic carbocycles. The van der Waals surface area contributed by atoms with Crippen LogP contribution < -0.4 is 5.73 Å². The quantitative estimate of drug-likeness (QED) is 0.619. The predicted molar refractivity (Wildman–Crippen MR) is 98.6 cm³/mol. The molecule has 0 saturated heterocycles. The van der Waals surface area contributed by atoms with E-state index in [9.17, 15) is 13.2 Å². The molecule has 1 aromatic heterocycles. The van der Waals surface area contributed by atoms with Crippen LogP contribution >= 0.6 is 11.8 Å². The lowest BCUT2D eigenvalue weighted by Gasteiger charge is -2.10. The van der Waals surface area contributed by atoms with E-state index in [1.165, 1.54) is 0 Å². The number of sulfone groups is 1. The number of para-hydroxylation sites is 1. The van der Waals surface area contributed by atoms with Crippen LogP contribution in [0.15, 0.2) is 70.7 Å². The maximum Gasteiger partial charge on any atom is 0.227 e. The van der Waals surface area contributed by atoms with E-state index >= 15 is 0 Å². The second-order valence-electron chi connectivity index (χ2n) is 5.40. The molecule has 0 aliphatic heterocycles. The summed E-state index contributed by atoms with van der Waals surface area (Å²) >= 11 is 1.11. The summed E-state index contributed by atoms with van der Waals surface area (Å²) < 4.78 is 27.0. The van der Waals surface area contributed by atoms with E-state index < -0.39 is 15.7 Å². The zero-order valence-corrected chi connectivity index (χ0v) is 15.3. The van der Waals surface area contributed by atoms with Gasteiger partial charge in [0.05, 0.1) is 10.6 Å². The maximum atomic E-state index is 12.7. The third-order valence-electron chi connectivity index (χ3n) is 3.48. The molecule has 3 rings (SSSR count). The molecule has 0 unspecified atom stereocenters.